The van der Waals surface area contributed by atoms with Crippen LogP contribution in [0.25, 0.3) is 22.1 Å². The van der Waals surface area contributed by atoms with Gasteiger partial charge < -0.3 is 14.5 Å². The maximum absolute atomic E-state index is 12.8. The van der Waals surface area contributed by atoms with Gasteiger partial charge >= 0.3 is 0 Å². The first kappa shape index (κ1) is 16.8. The van der Waals surface area contributed by atoms with Gasteiger partial charge in [0.1, 0.15) is 22.9 Å². The van der Waals surface area contributed by atoms with E-state index in [-0.39, 0.29) is 11.5 Å². The zero-order valence-electron chi connectivity index (χ0n) is 14.8. The summed E-state index contributed by atoms with van der Waals surface area (Å²) in [6.45, 7) is 1.63. The molecule has 0 aliphatic heterocycles. The van der Waals surface area contributed by atoms with E-state index >= 15 is 0 Å². The Morgan fingerprint density at radius 3 is 2.74 bits per heavy atom. The summed E-state index contributed by atoms with van der Waals surface area (Å²) in [5.74, 6) is 0.176. The number of methoxy groups -OCH3 is 1. The van der Waals surface area contributed by atoms with Crippen molar-refractivity contribution in [3.63, 3.8) is 0 Å². The van der Waals surface area contributed by atoms with Crippen molar-refractivity contribution in [1.82, 2.24) is 9.55 Å². The topological polar surface area (TPSA) is 86.4 Å². The molecule has 0 aliphatic rings. The third kappa shape index (κ3) is 2.83. The molecule has 0 saturated carbocycles. The van der Waals surface area contributed by atoms with Gasteiger partial charge in [-0.3, -0.25) is 14.2 Å². The molecule has 27 heavy (non-hydrogen) atoms. The molecule has 4 aromatic rings. The summed E-state index contributed by atoms with van der Waals surface area (Å²) in [5, 5.41) is 3.55. The molecule has 136 valence electrons. The van der Waals surface area contributed by atoms with E-state index in [1.54, 1.807) is 31.2 Å². The van der Waals surface area contributed by atoms with Crippen LogP contribution in [0.2, 0.25) is 0 Å². The molecule has 0 saturated heterocycles. The Morgan fingerprint density at radius 2 is 1.93 bits per heavy atom. The van der Waals surface area contributed by atoms with E-state index in [0.717, 1.165) is 5.39 Å². The molecule has 1 atom stereocenters. The molecule has 2 aromatic carbocycles. The van der Waals surface area contributed by atoms with Gasteiger partial charge in [-0.1, -0.05) is 24.3 Å². The zero-order valence-corrected chi connectivity index (χ0v) is 14.8. The Hall–Kier alpha value is -3.61. The molecule has 0 bridgehead atoms. The summed E-state index contributed by atoms with van der Waals surface area (Å²) in [4.78, 5) is 29.8. The number of carbonyl (C=O) groups excluding carboxylic acids is 1. The van der Waals surface area contributed by atoms with Gasteiger partial charge in [0.05, 0.1) is 19.1 Å². The number of nitrogens with one attached hydrogen (secondary N) is 1. The Bertz CT molecular complexity index is 1210. The highest BCUT2D eigenvalue weighted by Crippen LogP contribution is 2.26. The minimum atomic E-state index is -0.785. The molecule has 1 N–H and O–H groups in total. The van der Waals surface area contributed by atoms with Crippen molar-refractivity contribution in [1.29, 1.82) is 0 Å². The van der Waals surface area contributed by atoms with E-state index in [4.69, 9.17) is 9.15 Å². The highest BCUT2D eigenvalue weighted by atomic mass is 16.5. The molecule has 2 heterocycles. The van der Waals surface area contributed by atoms with Gasteiger partial charge in [0.15, 0.2) is 0 Å². The van der Waals surface area contributed by atoms with E-state index < -0.39 is 11.6 Å². The number of ether oxygens (including phenoxy) is 1. The number of amides is 1. The van der Waals surface area contributed by atoms with E-state index in [1.165, 1.54) is 18.0 Å². The van der Waals surface area contributed by atoms with Crippen LogP contribution in [-0.4, -0.2) is 22.6 Å². The fraction of sp³-hybridized carbons (Fsp3) is 0.150. The van der Waals surface area contributed by atoms with Crippen molar-refractivity contribution >= 4 is 33.7 Å². The van der Waals surface area contributed by atoms with Gasteiger partial charge in [-0.2, -0.15) is 0 Å². The summed E-state index contributed by atoms with van der Waals surface area (Å²) in [7, 11) is 1.53. The summed E-state index contributed by atoms with van der Waals surface area (Å²) >= 11 is 0. The number of fused-ring (bicyclic) bond motifs is 3. The van der Waals surface area contributed by atoms with Gasteiger partial charge in [-0.05, 0) is 31.2 Å². The number of hydrogen-bond donors (Lipinski definition) is 1. The first-order valence-electron chi connectivity index (χ1n) is 8.42. The molecule has 0 fully saturated rings. The third-order valence-corrected chi connectivity index (χ3v) is 4.47. The summed E-state index contributed by atoms with van der Waals surface area (Å²) in [6.07, 6.45) is 1.37. The maximum atomic E-state index is 12.8. The van der Waals surface area contributed by atoms with Crippen LogP contribution in [0.3, 0.4) is 0 Å². The van der Waals surface area contributed by atoms with E-state index in [9.17, 15) is 9.59 Å². The number of anilines is 1. The number of carbonyl (C=O) groups is 1. The molecule has 1 amide bonds. The summed E-state index contributed by atoms with van der Waals surface area (Å²) < 4.78 is 12.2. The van der Waals surface area contributed by atoms with Crippen LogP contribution in [0.1, 0.15) is 13.0 Å². The van der Waals surface area contributed by atoms with Crippen molar-refractivity contribution in [3.8, 4) is 5.75 Å². The fourth-order valence-corrected chi connectivity index (χ4v) is 2.98. The second-order valence-electron chi connectivity index (χ2n) is 6.10. The van der Waals surface area contributed by atoms with Gasteiger partial charge in [-0.25, -0.2) is 4.98 Å². The SMILES string of the molecule is COc1ccccc1NC(=O)C(C)n1cnc2c(oc3ccccc32)c1=O. The van der Waals surface area contributed by atoms with Crippen LogP contribution in [0.5, 0.6) is 5.75 Å². The number of para-hydroxylation sites is 3. The normalized spacial score (nSPS) is 12.2. The molecule has 0 spiro atoms. The molecular weight excluding hydrogens is 346 g/mol. The van der Waals surface area contributed by atoms with Gasteiger partial charge in [0.2, 0.25) is 11.5 Å². The standard InChI is InChI=1S/C20H17N3O4/c1-12(19(24)22-14-8-4-6-10-16(14)26-2)23-11-21-17-13-7-3-5-9-15(13)27-18(17)20(23)25/h3-12H,1-2H3,(H,22,24). The lowest BCUT2D eigenvalue weighted by Crippen LogP contribution is -2.31. The van der Waals surface area contributed by atoms with Crippen LogP contribution in [0, 0.1) is 0 Å². The zero-order chi connectivity index (χ0) is 19.0. The van der Waals surface area contributed by atoms with Crippen LogP contribution in [0.15, 0.2) is 64.1 Å². The van der Waals surface area contributed by atoms with Crippen molar-refractivity contribution in [2.45, 2.75) is 13.0 Å². The monoisotopic (exact) mass is 363 g/mol. The molecule has 2 aromatic heterocycles. The molecule has 0 radical (unpaired) electrons. The number of aromatic nitrogens is 2. The fourth-order valence-electron chi connectivity index (χ4n) is 2.98. The lowest BCUT2D eigenvalue weighted by atomic mass is 10.2. The summed E-state index contributed by atoms with van der Waals surface area (Å²) in [6, 6.07) is 13.6. The van der Waals surface area contributed by atoms with Crippen LogP contribution >= 0.6 is 0 Å². The van der Waals surface area contributed by atoms with E-state index in [0.29, 0.717) is 22.5 Å². The number of benzene rings is 2. The molecule has 4 rings (SSSR count). The lowest BCUT2D eigenvalue weighted by molar-refractivity contribution is -0.118. The predicted molar refractivity (Wildman–Crippen MR) is 102 cm³/mol. The maximum Gasteiger partial charge on any atom is 0.297 e. The van der Waals surface area contributed by atoms with Crippen LogP contribution < -0.4 is 15.6 Å². The number of nitrogens with zero attached hydrogens (tertiary/aromatic N) is 2. The Labute approximate surface area is 154 Å². The first-order chi connectivity index (χ1) is 13.1. The molecule has 0 aliphatic carbocycles. The lowest BCUT2D eigenvalue weighted by Gasteiger charge is -2.16. The van der Waals surface area contributed by atoms with Crippen molar-refractivity contribution in [2.75, 3.05) is 12.4 Å². The number of furan rings is 1. The van der Waals surface area contributed by atoms with Crippen molar-refractivity contribution < 1.29 is 13.9 Å². The van der Waals surface area contributed by atoms with Crippen molar-refractivity contribution in [3.05, 3.63) is 65.2 Å². The summed E-state index contributed by atoms with van der Waals surface area (Å²) in [5.41, 5.74) is 1.34. The Balaban J connectivity index is 1.71. The first-order valence-corrected chi connectivity index (χ1v) is 8.42. The average Bonchev–Trinajstić information content (AvgIpc) is 3.08. The minimum absolute atomic E-state index is 0.135. The van der Waals surface area contributed by atoms with Gasteiger partial charge in [0, 0.05) is 5.39 Å². The molecule has 7 heteroatoms. The van der Waals surface area contributed by atoms with Crippen LogP contribution in [-0.2, 0) is 4.79 Å². The average molecular weight is 363 g/mol. The number of rotatable bonds is 4. The largest absolute Gasteiger partial charge is 0.495 e. The highest BCUT2D eigenvalue weighted by molar-refractivity contribution is 6.02. The third-order valence-electron chi connectivity index (χ3n) is 4.47. The van der Waals surface area contributed by atoms with Gasteiger partial charge in [-0.15, -0.1) is 0 Å². The smallest absolute Gasteiger partial charge is 0.297 e. The second kappa shape index (κ2) is 6.60. The minimum Gasteiger partial charge on any atom is -0.495 e. The van der Waals surface area contributed by atoms with Gasteiger partial charge in [0.25, 0.3) is 5.56 Å². The molecular formula is C20H17N3O4. The predicted octanol–water partition coefficient (Wildman–Crippen LogP) is 3.35. The molecule has 7 nitrogen and oxygen atoms in total. The molecule has 1 unspecified atom stereocenters. The highest BCUT2D eigenvalue weighted by Gasteiger charge is 2.21. The quantitative estimate of drug-likeness (QED) is 0.601. The Morgan fingerprint density at radius 1 is 1.19 bits per heavy atom. The van der Waals surface area contributed by atoms with Crippen LogP contribution in [0.4, 0.5) is 5.69 Å². The second-order valence-corrected chi connectivity index (χ2v) is 6.10. The van der Waals surface area contributed by atoms with E-state index in [1.807, 2.05) is 24.3 Å². The number of hydrogen-bond acceptors (Lipinski definition) is 5. The van der Waals surface area contributed by atoms with E-state index in [2.05, 4.69) is 10.3 Å². The van der Waals surface area contributed by atoms with Crippen molar-refractivity contribution in [2.24, 2.45) is 0 Å². The Kier molecular flexibility index (Phi) is 4.12.